The number of benzene rings is 2. The molecule has 33 heavy (non-hydrogen) atoms. The van der Waals surface area contributed by atoms with E-state index in [9.17, 15) is 19.5 Å². The number of alkyl carbamates (subject to hydrolysis) is 1. The summed E-state index contributed by atoms with van der Waals surface area (Å²) in [5.41, 5.74) is 3.60. The summed E-state index contributed by atoms with van der Waals surface area (Å²) in [6, 6.07) is 16.1. The smallest absolute Gasteiger partial charge is 0.407 e. The number of carboxylic acid groups (broad SMARTS) is 1. The second-order valence-corrected chi connectivity index (χ2v) is 9.22. The number of rotatable bonds is 7. The molecule has 2 aliphatic rings. The first-order valence-corrected chi connectivity index (χ1v) is 11.5. The van der Waals surface area contributed by atoms with Crippen LogP contribution in [0.4, 0.5) is 4.79 Å². The number of fused-ring (bicyclic) bond motifs is 3. The summed E-state index contributed by atoms with van der Waals surface area (Å²) in [7, 11) is 0. The number of carbonyl (C=O) groups is 3. The molecule has 3 N–H and O–H groups in total. The van der Waals surface area contributed by atoms with Gasteiger partial charge in [0.1, 0.15) is 6.61 Å². The zero-order chi connectivity index (χ0) is 23.4. The van der Waals surface area contributed by atoms with E-state index < -0.39 is 23.4 Å². The summed E-state index contributed by atoms with van der Waals surface area (Å²) in [5.74, 6) is -0.855. The lowest BCUT2D eigenvalue weighted by molar-refractivity contribution is -0.151. The molecular weight excluding hydrogens is 420 g/mol. The number of nitrogens with one attached hydrogen (secondary N) is 2. The van der Waals surface area contributed by atoms with Crippen molar-refractivity contribution in [2.24, 2.45) is 11.3 Å². The first-order chi connectivity index (χ1) is 15.9. The van der Waals surface area contributed by atoms with Crippen LogP contribution in [-0.4, -0.2) is 42.8 Å². The van der Waals surface area contributed by atoms with Crippen LogP contribution in [0.25, 0.3) is 11.1 Å². The van der Waals surface area contributed by atoms with Crippen molar-refractivity contribution >= 4 is 18.0 Å². The van der Waals surface area contributed by atoms with E-state index in [1.54, 1.807) is 0 Å². The summed E-state index contributed by atoms with van der Waals surface area (Å²) >= 11 is 0. The second kappa shape index (κ2) is 9.65. The molecule has 7 nitrogen and oxygen atoms in total. The normalized spacial score (nSPS) is 21.5. The summed E-state index contributed by atoms with van der Waals surface area (Å²) in [6.07, 6.45) is 2.08. The molecule has 0 spiro atoms. The van der Waals surface area contributed by atoms with E-state index in [2.05, 4.69) is 29.7 Å². The second-order valence-electron chi connectivity index (χ2n) is 9.22. The van der Waals surface area contributed by atoms with E-state index >= 15 is 0 Å². The molecule has 4 rings (SSSR count). The Kier molecular flexibility index (Phi) is 6.67. The number of carbonyl (C=O) groups excluding carboxylic acids is 2. The van der Waals surface area contributed by atoms with Gasteiger partial charge in [-0.3, -0.25) is 9.59 Å². The van der Waals surface area contributed by atoms with Crippen molar-refractivity contribution in [3.05, 3.63) is 59.7 Å². The third-order valence-corrected chi connectivity index (χ3v) is 7.05. The minimum absolute atomic E-state index is 0.0545. The lowest BCUT2D eigenvalue weighted by Gasteiger charge is -2.35. The summed E-state index contributed by atoms with van der Waals surface area (Å²) in [6.45, 7) is 2.09. The minimum atomic E-state index is -0.925. The van der Waals surface area contributed by atoms with Crippen LogP contribution in [0.3, 0.4) is 0 Å². The van der Waals surface area contributed by atoms with E-state index in [0.29, 0.717) is 18.8 Å². The van der Waals surface area contributed by atoms with Gasteiger partial charge in [-0.15, -0.1) is 0 Å². The molecule has 2 aromatic rings. The molecule has 174 valence electrons. The average Bonchev–Trinajstić information content (AvgIpc) is 3.15. The van der Waals surface area contributed by atoms with Crippen LogP contribution in [0, 0.1) is 11.3 Å². The first-order valence-electron chi connectivity index (χ1n) is 11.5. The molecule has 0 atom stereocenters. The van der Waals surface area contributed by atoms with Crippen LogP contribution in [-0.2, 0) is 14.3 Å². The van der Waals surface area contributed by atoms with Crippen molar-refractivity contribution in [1.29, 1.82) is 0 Å². The Morgan fingerprint density at radius 3 is 2.12 bits per heavy atom. The Labute approximate surface area is 193 Å². The van der Waals surface area contributed by atoms with Gasteiger partial charge in [0.05, 0.1) is 12.0 Å². The number of carboxylic acids is 1. The molecule has 0 aliphatic heterocycles. The molecule has 0 radical (unpaired) electrons. The zero-order valence-corrected chi connectivity index (χ0v) is 18.8. The maximum absolute atomic E-state index is 12.2. The number of hydrogen-bond donors (Lipinski definition) is 3. The molecule has 0 aromatic heterocycles. The van der Waals surface area contributed by atoms with Gasteiger partial charge in [-0.25, -0.2) is 4.79 Å². The molecule has 2 aromatic carbocycles. The Balaban J connectivity index is 1.26. The van der Waals surface area contributed by atoms with Gasteiger partial charge in [0.25, 0.3) is 0 Å². The molecule has 7 heteroatoms. The van der Waals surface area contributed by atoms with Gasteiger partial charge in [-0.2, -0.15) is 0 Å². The van der Waals surface area contributed by atoms with E-state index in [4.69, 9.17) is 4.74 Å². The van der Waals surface area contributed by atoms with Gasteiger partial charge >= 0.3 is 12.1 Å². The largest absolute Gasteiger partial charge is 0.481 e. The molecule has 0 saturated heterocycles. The SMILES string of the molecule is CC1CCC(CNC(=O)CNC(=O)OCC2c3ccccc3-c3ccccc32)(C(=O)O)CC1. The van der Waals surface area contributed by atoms with Gasteiger partial charge in [0.15, 0.2) is 0 Å². The van der Waals surface area contributed by atoms with E-state index in [0.717, 1.165) is 35.1 Å². The topological polar surface area (TPSA) is 105 Å². The average molecular weight is 451 g/mol. The van der Waals surface area contributed by atoms with Crippen LogP contribution in [0.5, 0.6) is 0 Å². The highest BCUT2D eigenvalue weighted by Gasteiger charge is 2.41. The predicted octanol–water partition coefficient (Wildman–Crippen LogP) is 3.92. The van der Waals surface area contributed by atoms with E-state index in [1.807, 2.05) is 36.4 Å². The maximum Gasteiger partial charge on any atom is 0.407 e. The van der Waals surface area contributed by atoms with Gasteiger partial charge < -0.3 is 20.5 Å². The van der Waals surface area contributed by atoms with Gasteiger partial charge in [0, 0.05) is 12.5 Å². The summed E-state index contributed by atoms with van der Waals surface area (Å²) < 4.78 is 5.43. The van der Waals surface area contributed by atoms with Crippen LogP contribution in [0.2, 0.25) is 0 Å². The number of ether oxygens (including phenoxy) is 1. The highest BCUT2D eigenvalue weighted by Crippen LogP contribution is 2.44. The van der Waals surface area contributed by atoms with Crippen molar-refractivity contribution in [2.75, 3.05) is 19.7 Å². The van der Waals surface area contributed by atoms with Gasteiger partial charge in [0.2, 0.25) is 5.91 Å². The van der Waals surface area contributed by atoms with Crippen molar-refractivity contribution in [3.8, 4) is 11.1 Å². The number of hydrogen-bond acceptors (Lipinski definition) is 4. The van der Waals surface area contributed by atoms with Gasteiger partial charge in [-0.1, -0.05) is 55.5 Å². The molecule has 1 saturated carbocycles. The molecule has 2 amide bonds. The lowest BCUT2D eigenvalue weighted by atomic mass is 9.71. The molecule has 1 fully saturated rings. The van der Waals surface area contributed by atoms with Gasteiger partial charge in [-0.05, 0) is 53.9 Å². The van der Waals surface area contributed by atoms with Crippen molar-refractivity contribution < 1.29 is 24.2 Å². The lowest BCUT2D eigenvalue weighted by Crippen LogP contribution is -2.47. The van der Waals surface area contributed by atoms with Crippen molar-refractivity contribution in [2.45, 2.75) is 38.5 Å². The molecule has 0 heterocycles. The van der Waals surface area contributed by atoms with Crippen LogP contribution in [0.15, 0.2) is 48.5 Å². The number of amides is 2. The Morgan fingerprint density at radius 1 is 0.970 bits per heavy atom. The summed E-state index contributed by atoms with van der Waals surface area (Å²) in [4.78, 5) is 36.3. The zero-order valence-electron chi connectivity index (χ0n) is 18.8. The third-order valence-electron chi connectivity index (χ3n) is 7.05. The Bertz CT molecular complexity index is 997. The predicted molar refractivity (Wildman–Crippen MR) is 124 cm³/mol. The Hall–Kier alpha value is -3.35. The Morgan fingerprint density at radius 2 is 1.55 bits per heavy atom. The standard InChI is InChI=1S/C26H30N2O5/c1-17-10-12-26(13-11-17,24(30)31)16-28-23(29)14-27-25(32)33-15-22-20-8-4-2-6-18(20)19-7-3-5-9-21(19)22/h2-9,17,22H,10-16H2,1H3,(H,27,32)(H,28,29)(H,30,31). The van der Waals surface area contributed by atoms with E-state index in [1.165, 1.54) is 0 Å². The minimum Gasteiger partial charge on any atom is -0.481 e. The fourth-order valence-corrected chi connectivity index (χ4v) is 4.91. The highest BCUT2D eigenvalue weighted by atomic mass is 16.5. The first kappa shape index (κ1) is 22.8. The van der Waals surface area contributed by atoms with Crippen molar-refractivity contribution in [3.63, 3.8) is 0 Å². The van der Waals surface area contributed by atoms with Crippen LogP contribution >= 0.6 is 0 Å². The van der Waals surface area contributed by atoms with Crippen molar-refractivity contribution in [1.82, 2.24) is 10.6 Å². The third kappa shape index (κ3) is 4.87. The fourth-order valence-electron chi connectivity index (χ4n) is 4.91. The monoisotopic (exact) mass is 450 g/mol. The van der Waals surface area contributed by atoms with E-state index in [-0.39, 0.29) is 25.6 Å². The molecule has 0 bridgehead atoms. The summed E-state index contributed by atoms with van der Waals surface area (Å²) in [5, 5.41) is 14.8. The van der Waals surface area contributed by atoms with Crippen LogP contribution in [0.1, 0.15) is 49.7 Å². The molecule has 0 unspecified atom stereocenters. The maximum atomic E-state index is 12.2. The highest BCUT2D eigenvalue weighted by molar-refractivity contribution is 5.83. The quantitative estimate of drug-likeness (QED) is 0.593. The number of aliphatic carboxylic acids is 1. The molecule has 2 aliphatic carbocycles. The fraction of sp³-hybridized carbons (Fsp3) is 0.423. The molecular formula is C26H30N2O5. The van der Waals surface area contributed by atoms with Crippen LogP contribution < -0.4 is 10.6 Å².